The van der Waals surface area contributed by atoms with Crippen LogP contribution in [0.1, 0.15) is 17.3 Å². The molecule has 4 rings (SSSR count). The summed E-state index contributed by atoms with van der Waals surface area (Å²) in [5.74, 6) is 0.882. The van der Waals surface area contributed by atoms with Crippen molar-refractivity contribution in [1.29, 1.82) is 0 Å². The lowest BCUT2D eigenvalue weighted by Crippen LogP contribution is -2.21. The van der Waals surface area contributed by atoms with Crippen LogP contribution >= 0.6 is 12.2 Å². The Kier molecular flexibility index (Phi) is 5.45. The molecular weight excluding hydrogens is 398 g/mol. The van der Waals surface area contributed by atoms with E-state index in [1.54, 1.807) is 30.3 Å². The summed E-state index contributed by atoms with van der Waals surface area (Å²) in [5.41, 5.74) is 1.29. The summed E-state index contributed by atoms with van der Waals surface area (Å²) in [6.45, 7) is 2.33. The number of aromatic nitrogens is 2. The van der Waals surface area contributed by atoms with Crippen LogP contribution in [0.25, 0.3) is 10.9 Å². The van der Waals surface area contributed by atoms with Crippen molar-refractivity contribution in [3.8, 4) is 11.5 Å². The summed E-state index contributed by atoms with van der Waals surface area (Å²) in [4.78, 5) is 28.4. The molecule has 0 bridgehead atoms. The van der Waals surface area contributed by atoms with Crippen molar-refractivity contribution >= 4 is 34.7 Å². The third-order valence-corrected chi connectivity index (χ3v) is 4.99. The molecule has 0 fully saturated rings. The Morgan fingerprint density at radius 2 is 1.80 bits per heavy atom. The van der Waals surface area contributed by atoms with Crippen LogP contribution in [-0.2, 0) is 6.54 Å². The molecule has 0 radical (unpaired) electrons. The number of fused-ring (bicyclic) bond motifs is 1. The van der Waals surface area contributed by atoms with Crippen molar-refractivity contribution in [3.63, 3.8) is 0 Å². The molecule has 0 saturated carbocycles. The van der Waals surface area contributed by atoms with Crippen molar-refractivity contribution < 1.29 is 9.53 Å². The van der Waals surface area contributed by atoms with Gasteiger partial charge in [0.05, 0.1) is 16.6 Å². The Balaban J connectivity index is 1.64. The SMILES string of the molecule is CCn1c(=S)[nH]c2cc(C(=O)Nc3ccccc3Oc3ccccc3)ccc2c1=O. The summed E-state index contributed by atoms with van der Waals surface area (Å²) in [6.07, 6.45) is 0. The zero-order valence-electron chi connectivity index (χ0n) is 16.2. The van der Waals surface area contributed by atoms with Crippen molar-refractivity contribution in [2.24, 2.45) is 0 Å². The fourth-order valence-electron chi connectivity index (χ4n) is 3.15. The first kappa shape index (κ1) is 19.6. The second-order valence-electron chi connectivity index (χ2n) is 6.61. The maximum Gasteiger partial charge on any atom is 0.262 e. The van der Waals surface area contributed by atoms with E-state index in [0.717, 1.165) is 0 Å². The van der Waals surface area contributed by atoms with Gasteiger partial charge in [-0.3, -0.25) is 14.2 Å². The summed E-state index contributed by atoms with van der Waals surface area (Å²) >= 11 is 5.25. The molecule has 6 nitrogen and oxygen atoms in total. The van der Waals surface area contributed by atoms with Gasteiger partial charge in [-0.2, -0.15) is 0 Å². The first-order chi connectivity index (χ1) is 14.6. The van der Waals surface area contributed by atoms with Crippen LogP contribution in [0.15, 0.2) is 77.6 Å². The van der Waals surface area contributed by atoms with Crippen LogP contribution in [0.3, 0.4) is 0 Å². The number of carbonyl (C=O) groups excluding carboxylic acids is 1. The number of hydrogen-bond acceptors (Lipinski definition) is 4. The highest BCUT2D eigenvalue weighted by molar-refractivity contribution is 7.71. The van der Waals surface area contributed by atoms with E-state index in [9.17, 15) is 9.59 Å². The van der Waals surface area contributed by atoms with Gasteiger partial charge >= 0.3 is 0 Å². The van der Waals surface area contributed by atoms with Gasteiger partial charge in [-0.1, -0.05) is 30.3 Å². The first-order valence-corrected chi connectivity index (χ1v) is 9.88. The third-order valence-electron chi connectivity index (χ3n) is 4.67. The molecule has 1 heterocycles. The maximum atomic E-state index is 12.9. The Hall–Kier alpha value is -3.71. The number of aromatic amines is 1. The average molecular weight is 417 g/mol. The van der Waals surface area contributed by atoms with Gasteiger partial charge in [0, 0.05) is 12.1 Å². The second-order valence-corrected chi connectivity index (χ2v) is 6.99. The predicted molar refractivity (Wildman–Crippen MR) is 120 cm³/mol. The number of nitrogens with zero attached hydrogens (tertiary/aromatic N) is 1. The molecule has 3 aromatic carbocycles. The summed E-state index contributed by atoms with van der Waals surface area (Å²) in [5, 5.41) is 3.36. The molecule has 0 aliphatic heterocycles. The number of H-pyrrole nitrogens is 1. The monoisotopic (exact) mass is 417 g/mol. The van der Waals surface area contributed by atoms with E-state index < -0.39 is 0 Å². The first-order valence-electron chi connectivity index (χ1n) is 9.47. The highest BCUT2D eigenvalue weighted by Crippen LogP contribution is 2.29. The van der Waals surface area contributed by atoms with Crippen LogP contribution in [0.2, 0.25) is 0 Å². The molecule has 0 atom stereocenters. The summed E-state index contributed by atoms with van der Waals surface area (Å²) in [7, 11) is 0. The van der Waals surface area contributed by atoms with Gasteiger partial charge in [-0.25, -0.2) is 0 Å². The molecule has 0 spiro atoms. The van der Waals surface area contributed by atoms with Crippen molar-refractivity contribution in [2.45, 2.75) is 13.5 Å². The van der Waals surface area contributed by atoms with Crippen molar-refractivity contribution in [3.05, 3.63) is 93.5 Å². The second kappa shape index (κ2) is 8.34. The van der Waals surface area contributed by atoms with E-state index >= 15 is 0 Å². The number of carbonyl (C=O) groups is 1. The van der Waals surface area contributed by atoms with Gasteiger partial charge in [0.15, 0.2) is 10.5 Å². The van der Waals surface area contributed by atoms with Crippen LogP contribution in [-0.4, -0.2) is 15.5 Å². The van der Waals surface area contributed by atoms with Gasteiger partial charge < -0.3 is 15.0 Å². The summed E-state index contributed by atoms with van der Waals surface area (Å²) in [6, 6.07) is 21.4. The Morgan fingerprint density at radius 1 is 1.07 bits per heavy atom. The predicted octanol–water partition coefficient (Wildman–Crippen LogP) is 5.12. The number of ether oxygens (including phenoxy) is 1. The zero-order valence-corrected chi connectivity index (χ0v) is 17.0. The topological polar surface area (TPSA) is 76.1 Å². The Labute approximate surface area is 177 Å². The van der Waals surface area contributed by atoms with Gasteiger partial charge in [-0.05, 0) is 61.6 Å². The van der Waals surface area contributed by atoms with Gasteiger partial charge in [0.25, 0.3) is 11.5 Å². The van der Waals surface area contributed by atoms with Crippen LogP contribution in [0.4, 0.5) is 5.69 Å². The minimum absolute atomic E-state index is 0.176. The van der Waals surface area contributed by atoms with E-state index in [4.69, 9.17) is 17.0 Å². The molecule has 0 aliphatic rings. The van der Waals surface area contributed by atoms with E-state index in [1.807, 2.05) is 49.4 Å². The normalized spacial score (nSPS) is 10.7. The standard InChI is InChI=1S/C23H19N3O3S/c1-2-26-22(28)17-13-12-15(14-19(17)25-23(26)30)21(27)24-18-10-6-7-11-20(18)29-16-8-4-3-5-9-16/h3-14H,2H2,1H3,(H,24,27)(H,25,30). The zero-order chi connectivity index (χ0) is 21.1. The smallest absolute Gasteiger partial charge is 0.262 e. The lowest BCUT2D eigenvalue weighted by atomic mass is 10.1. The fourth-order valence-corrected chi connectivity index (χ4v) is 3.47. The average Bonchev–Trinajstić information content (AvgIpc) is 2.75. The number of amides is 1. The third kappa shape index (κ3) is 3.88. The van der Waals surface area contributed by atoms with E-state index in [-0.39, 0.29) is 11.5 Å². The quantitative estimate of drug-likeness (QED) is 0.442. The fraction of sp³-hybridized carbons (Fsp3) is 0.0870. The van der Waals surface area contributed by atoms with Gasteiger partial charge in [-0.15, -0.1) is 0 Å². The number of para-hydroxylation sites is 3. The van der Waals surface area contributed by atoms with Crippen molar-refractivity contribution in [2.75, 3.05) is 5.32 Å². The lowest BCUT2D eigenvalue weighted by molar-refractivity contribution is 0.102. The molecule has 1 aromatic heterocycles. The van der Waals surface area contributed by atoms with E-state index in [0.29, 0.717) is 45.0 Å². The molecule has 1 amide bonds. The number of nitrogens with one attached hydrogen (secondary N) is 2. The van der Waals surface area contributed by atoms with Gasteiger partial charge in [0.1, 0.15) is 5.75 Å². The molecule has 4 aromatic rings. The maximum absolute atomic E-state index is 12.9. The number of benzene rings is 3. The molecule has 0 aliphatic carbocycles. The molecule has 0 unspecified atom stereocenters. The molecule has 150 valence electrons. The van der Waals surface area contributed by atoms with Crippen LogP contribution in [0, 0.1) is 4.77 Å². The summed E-state index contributed by atoms with van der Waals surface area (Å²) < 4.78 is 7.70. The van der Waals surface area contributed by atoms with Crippen molar-refractivity contribution in [1.82, 2.24) is 9.55 Å². The number of anilines is 1. The Morgan fingerprint density at radius 3 is 2.57 bits per heavy atom. The van der Waals surface area contributed by atoms with Crippen LogP contribution in [0.5, 0.6) is 11.5 Å². The van der Waals surface area contributed by atoms with Gasteiger partial charge in [0.2, 0.25) is 0 Å². The molecule has 7 heteroatoms. The molecule has 0 saturated heterocycles. The molecular formula is C23H19N3O3S. The van der Waals surface area contributed by atoms with Crippen LogP contribution < -0.4 is 15.6 Å². The highest BCUT2D eigenvalue weighted by Gasteiger charge is 2.13. The van der Waals surface area contributed by atoms with E-state index in [2.05, 4.69) is 10.3 Å². The molecule has 2 N–H and O–H groups in total. The minimum atomic E-state index is -0.319. The lowest BCUT2D eigenvalue weighted by Gasteiger charge is -2.12. The molecule has 30 heavy (non-hydrogen) atoms. The number of hydrogen-bond donors (Lipinski definition) is 2. The minimum Gasteiger partial charge on any atom is -0.455 e. The highest BCUT2D eigenvalue weighted by atomic mass is 32.1. The largest absolute Gasteiger partial charge is 0.455 e. The number of rotatable bonds is 5. The Bertz CT molecular complexity index is 1340. The van der Waals surface area contributed by atoms with E-state index in [1.165, 1.54) is 4.57 Å².